The Hall–Kier alpha value is -2.38. The Morgan fingerprint density at radius 2 is 1.85 bits per heavy atom. The lowest BCUT2D eigenvalue weighted by molar-refractivity contribution is -0.146. The number of benzene rings is 2. The summed E-state index contributed by atoms with van der Waals surface area (Å²) in [6.07, 6.45) is 0. The van der Waals surface area contributed by atoms with Crippen LogP contribution >= 0.6 is 0 Å². The van der Waals surface area contributed by atoms with Crippen molar-refractivity contribution in [1.29, 1.82) is 0 Å². The summed E-state index contributed by atoms with van der Waals surface area (Å²) in [5.74, 6) is -5.02. The predicted octanol–water partition coefficient (Wildman–Crippen LogP) is 2.56. The fraction of sp³-hybridized carbons (Fsp3) is 0.316. The number of halogens is 3. The Bertz CT molecular complexity index is 816. The first-order valence-electron chi connectivity index (χ1n) is 8.13. The number of esters is 1. The zero-order valence-electron chi connectivity index (χ0n) is 14.2. The molecular formula is C19H19F3N2O2. The molecule has 0 radical (unpaired) electrons. The van der Waals surface area contributed by atoms with Crippen molar-refractivity contribution < 1.29 is 22.7 Å². The van der Waals surface area contributed by atoms with Gasteiger partial charge in [0.1, 0.15) is 5.82 Å². The van der Waals surface area contributed by atoms with E-state index in [0.717, 1.165) is 11.6 Å². The number of rotatable bonds is 4. The first kappa shape index (κ1) is 18.4. The van der Waals surface area contributed by atoms with E-state index in [1.54, 1.807) is 0 Å². The summed E-state index contributed by atoms with van der Waals surface area (Å²) in [6, 6.07) is 10.7. The third-order valence-corrected chi connectivity index (χ3v) is 4.79. The molecule has 0 aliphatic carbocycles. The zero-order valence-corrected chi connectivity index (χ0v) is 14.2. The number of methoxy groups -OCH3 is 1. The minimum absolute atomic E-state index is 0.101. The Labute approximate surface area is 149 Å². The van der Waals surface area contributed by atoms with E-state index in [1.165, 1.54) is 7.11 Å². The Balaban J connectivity index is 1.97. The molecule has 7 heteroatoms. The van der Waals surface area contributed by atoms with Crippen LogP contribution in [-0.4, -0.2) is 31.1 Å². The van der Waals surface area contributed by atoms with Gasteiger partial charge in [-0.25, -0.2) is 13.2 Å². The van der Waals surface area contributed by atoms with Gasteiger partial charge in [-0.3, -0.25) is 9.69 Å². The lowest BCUT2D eigenvalue weighted by Gasteiger charge is -2.30. The van der Waals surface area contributed by atoms with Crippen LogP contribution in [0.2, 0.25) is 0 Å². The van der Waals surface area contributed by atoms with Crippen LogP contribution in [0.1, 0.15) is 11.1 Å². The fourth-order valence-corrected chi connectivity index (χ4v) is 3.51. The minimum atomic E-state index is -1.53. The Morgan fingerprint density at radius 1 is 1.19 bits per heavy atom. The normalized spacial score (nSPS) is 23.2. The van der Waals surface area contributed by atoms with Crippen LogP contribution in [0, 0.1) is 23.4 Å². The number of likely N-dealkylation sites (tertiary alicyclic amines) is 1. The lowest BCUT2D eigenvalue weighted by Crippen LogP contribution is -2.48. The molecule has 0 bridgehead atoms. The number of nitrogens with zero attached hydrogens (tertiary/aromatic N) is 1. The van der Waals surface area contributed by atoms with Crippen molar-refractivity contribution >= 4 is 5.97 Å². The van der Waals surface area contributed by atoms with Gasteiger partial charge in [-0.15, -0.1) is 0 Å². The van der Waals surface area contributed by atoms with Crippen molar-refractivity contribution in [2.24, 2.45) is 11.7 Å². The second kappa shape index (κ2) is 7.09. The van der Waals surface area contributed by atoms with Gasteiger partial charge in [-0.05, 0) is 11.6 Å². The maximum absolute atomic E-state index is 14.4. The molecule has 26 heavy (non-hydrogen) atoms. The minimum Gasteiger partial charge on any atom is -0.469 e. The molecule has 1 saturated heterocycles. The predicted molar refractivity (Wildman–Crippen MR) is 89.4 cm³/mol. The number of nitrogens with two attached hydrogens (primary N) is 1. The molecule has 2 aromatic carbocycles. The van der Waals surface area contributed by atoms with E-state index >= 15 is 0 Å². The van der Waals surface area contributed by atoms with Gasteiger partial charge in [0.15, 0.2) is 11.6 Å². The molecule has 0 spiro atoms. The summed E-state index contributed by atoms with van der Waals surface area (Å²) in [6.45, 7) is 0.804. The average molecular weight is 364 g/mol. The van der Waals surface area contributed by atoms with Crippen LogP contribution in [0.4, 0.5) is 13.2 Å². The molecule has 0 aromatic heterocycles. The average Bonchev–Trinajstić information content (AvgIpc) is 2.95. The van der Waals surface area contributed by atoms with Crippen molar-refractivity contribution in [1.82, 2.24) is 4.90 Å². The van der Waals surface area contributed by atoms with Crippen molar-refractivity contribution in [3.05, 3.63) is 71.0 Å². The van der Waals surface area contributed by atoms with E-state index in [2.05, 4.69) is 0 Å². The summed E-state index contributed by atoms with van der Waals surface area (Å²) in [7, 11) is 1.21. The van der Waals surface area contributed by atoms with Gasteiger partial charge in [0.05, 0.1) is 18.6 Å². The van der Waals surface area contributed by atoms with E-state index in [4.69, 9.17) is 10.5 Å². The van der Waals surface area contributed by atoms with Crippen LogP contribution in [0.3, 0.4) is 0 Å². The summed E-state index contributed by atoms with van der Waals surface area (Å²) in [4.78, 5) is 14.1. The highest BCUT2D eigenvalue weighted by Gasteiger charge is 2.50. The first-order chi connectivity index (χ1) is 12.3. The topological polar surface area (TPSA) is 55.6 Å². The number of carbonyl (C=O) groups is 1. The molecule has 2 unspecified atom stereocenters. The van der Waals surface area contributed by atoms with E-state index in [9.17, 15) is 18.0 Å². The van der Waals surface area contributed by atoms with Gasteiger partial charge < -0.3 is 10.5 Å². The van der Waals surface area contributed by atoms with E-state index in [1.807, 2.05) is 35.2 Å². The molecule has 2 atom stereocenters. The smallest absolute Gasteiger partial charge is 0.312 e. The fourth-order valence-electron chi connectivity index (χ4n) is 3.51. The summed E-state index contributed by atoms with van der Waals surface area (Å²) >= 11 is 0. The monoisotopic (exact) mass is 364 g/mol. The standard InChI is InChI=1S/C19H19F3N2O2/c1-26-18(25)14-10-24(9-12-5-3-2-4-6-12)11-19(14,23)13-7-16(21)17(22)8-15(13)20/h2-8,14H,9-11,23H2,1H3. The van der Waals surface area contributed by atoms with Gasteiger partial charge in [-0.1, -0.05) is 30.3 Å². The SMILES string of the molecule is COC(=O)C1CN(Cc2ccccc2)CC1(N)c1cc(F)c(F)cc1F. The zero-order chi connectivity index (χ0) is 18.9. The van der Waals surface area contributed by atoms with Gasteiger partial charge in [0.25, 0.3) is 0 Å². The third-order valence-electron chi connectivity index (χ3n) is 4.79. The molecule has 1 heterocycles. The van der Waals surface area contributed by atoms with E-state index in [-0.39, 0.29) is 18.7 Å². The molecule has 0 amide bonds. The van der Waals surface area contributed by atoms with Crippen LogP contribution in [0.25, 0.3) is 0 Å². The van der Waals surface area contributed by atoms with Crippen molar-refractivity contribution in [2.45, 2.75) is 12.1 Å². The summed E-state index contributed by atoms with van der Waals surface area (Å²) in [5.41, 5.74) is 5.62. The highest BCUT2D eigenvalue weighted by molar-refractivity contribution is 5.75. The quantitative estimate of drug-likeness (QED) is 0.669. The second-order valence-electron chi connectivity index (χ2n) is 6.52. The number of carbonyl (C=O) groups excluding carboxylic acids is 1. The van der Waals surface area contributed by atoms with Crippen molar-refractivity contribution in [3.63, 3.8) is 0 Å². The molecule has 4 nitrogen and oxygen atoms in total. The summed E-state index contributed by atoms with van der Waals surface area (Å²) < 4.78 is 46.2. The van der Waals surface area contributed by atoms with Crippen molar-refractivity contribution in [2.75, 3.05) is 20.2 Å². The lowest BCUT2D eigenvalue weighted by atomic mass is 9.81. The Morgan fingerprint density at radius 3 is 2.50 bits per heavy atom. The molecular weight excluding hydrogens is 345 g/mol. The van der Waals surface area contributed by atoms with Crippen LogP contribution in [0.15, 0.2) is 42.5 Å². The highest BCUT2D eigenvalue weighted by atomic mass is 19.2. The van der Waals surface area contributed by atoms with Gasteiger partial charge in [0, 0.05) is 31.3 Å². The molecule has 0 saturated carbocycles. The molecule has 2 N–H and O–H groups in total. The molecule has 1 aliphatic rings. The summed E-state index contributed by atoms with van der Waals surface area (Å²) in [5, 5.41) is 0. The number of ether oxygens (including phenoxy) is 1. The van der Waals surface area contributed by atoms with Gasteiger partial charge in [-0.2, -0.15) is 0 Å². The number of hydrogen-bond donors (Lipinski definition) is 1. The van der Waals surface area contributed by atoms with E-state index in [0.29, 0.717) is 12.6 Å². The van der Waals surface area contributed by atoms with Crippen LogP contribution in [-0.2, 0) is 21.6 Å². The maximum Gasteiger partial charge on any atom is 0.312 e. The molecule has 1 aliphatic heterocycles. The van der Waals surface area contributed by atoms with Crippen molar-refractivity contribution in [3.8, 4) is 0 Å². The van der Waals surface area contributed by atoms with Crippen LogP contribution < -0.4 is 5.73 Å². The van der Waals surface area contributed by atoms with Crippen LogP contribution in [0.5, 0.6) is 0 Å². The third kappa shape index (κ3) is 3.32. The number of hydrogen-bond acceptors (Lipinski definition) is 4. The second-order valence-corrected chi connectivity index (χ2v) is 6.52. The molecule has 3 rings (SSSR count). The molecule has 1 fully saturated rings. The maximum atomic E-state index is 14.4. The van der Waals surface area contributed by atoms with Gasteiger partial charge in [0.2, 0.25) is 0 Å². The Kier molecular flexibility index (Phi) is 5.02. The molecule has 138 valence electrons. The largest absolute Gasteiger partial charge is 0.469 e. The van der Waals surface area contributed by atoms with E-state index < -0.39 is 34.9 Å². The first-order valence-corrected chi connectivity index (χ1v) is 8.13. The highest BCUT2D eigenvalue weighted by Crippen LogP contribution is 2.38. The van der Waals surface area contributed by atoms with Gasteiger partial charge >= 0.3 is 5.97 Å². The molecule has 2 aromatic rings.